The Kier molecular flexibility index (Phi) is 4.90. The molecule has 4 heteroatoms. The van der Waals surface area contributed by atoms with Gasteiger partial charge < -0.3 is 15.2 Å². The highest BCUT2D eigenvalue weighted by Crippen LogP contribution is 2.30. The monoisotopic (exact) mass is 241 g/mol. The number of hydrogen-bond donors (Lipinski definition) is 1. The van der Waals surface area contributed by atoms with Gasteiger partial charge in [0.1, 0.15) is 11.9 Å². The predicted molar refractivity (Wildman–Crippen MR) is 65.9 cm³/mol. The van der Waals surface area contributed by atoms with Crippen molar-refractivity contribution < 1.29 is 13.9 Å². The van der Waals surface area contributed by atoms with Crippen molar-refractivity contribution in [3.05, 3.63) is 29.3 Å². The van der Waals surface area contributed by atoms with Crippen molar-refractivity contribution in [3.8, 4) is 5.75 Å². The highest BCUT2D eigenvalue weighted by Gasteiger charge is 2.20. The van der Waals surface area contributed by atoms with Crippen LogP contribution in [0.3, 0.4) is 0 Å². The summed E-state index contributed by atoms with van der Waals surface area (Å²) in [6, 6.07) is 4.84. The van der Waals surface area contributed by atoms with Gasteiger partial charge in [-0.1, -0.05) is 6.07 Å². The van der Waals surface area contributed by atoms with Crippen LogP contribution in [0.2, 0.25) is 0 Å². The molecule has 96 valence electrons. The standard InChI is InChI=1S/C13H20FNO2/c1-8(14)11-6-5-10(17-4)7-12(11)13(15)9(2)16-3/h5-9,13H,15H2,1-4H3. The van der Waals surface area contributed by atoms with Crippen LogP contribution < -0.4 is 10.5 Å². The fourth-order valence-corrected chi connectivity index (χ4v) is 1.73. The molecule has 0 aliphatic heterocycles. The average molecular weight is 241 g/mol. The molecule has 3 atom stereocenters. The zero-order valence-electron chi connectivity index (χ0n) is 10.7. The molecule has 0 heterocycles. The van der Waals surface area contributed by atoms with Crippen molar-refractivity contribution in [3.63, 3.8) is 0 Å². The van der Waals surface area contributed by atoms with Crippen molar-refractivity contribution in [2.24, 2.45) is 5.73 Å². The van der Waals surface area contributed by atoms with E-state index in [2.05, 4.69) is 0 Å². The Labute approximate surface area is 102 Å². The lowest BCUT2D eigenvalue weighted by Gasteiger charge is -2.22. The summed E-state index contributed by atoms with van der Waals surface area (Å²) in [7, 11) is 3.16. The van der Waals surface area contributed by atoms with Gasteiger partial charge in [-0.2, -0.15) is 0 Å². The summed E-state index contributed by atoms with van der Waals surface area (Å²) in [5.74, 6) is 0.670. The van der Waals surface area contributed by atoms with Crippen LogP contribution >= 0.6 is 0 Å². The summed E-state index contributed by atoms with van der Waals surface area (Å²) < 4.78 is 23.8. The van der Waals surface area contributed by atoms with E-state index in [-0.39, 0.29) is 12.1 Å². The van der Waals surface area contributed by atoms with Gasteiger partial charge in [0, 0.05) is 7.11 Å². The first kappa shape index (κ1) is 13.9. The Morgan fingerprint density at radius 3 is 2.29 bits per heavy atom. The SMILES string of the molecule is COc1ccc(C(C)F)c(C(N)C(C)OC)c1. The Bertz CT molecular complexity index is 368. The Morgan fingerprint density at radius 2 is 1.82 bits per heavy atom. The topological polar surface area (TPSA) is 44.5 Å². The van der Waals surface area contributed by atoms with E-state index in [1.54, 1.807) is 32.4 Å². The van der Waals surface area contributed by atoms with Gasteiger partial charge in [-0.25, -0.2) is 4.39 Å². The molecule has 0 aliphatic carbocycles. The molecular weight excluding hydrogens is 221 g/mol. The molecule has 1 aromatic rings. The van der Waals surface area contributed by atoms with E-state index >= 15 is 0 Å². The number of benzene rings is 1. The molecule has 1 aromatic carbocycles. The molecule has 0 fully saturated rings. The molecule has 1 rings (SSSR count). The van der Waals surface area contributed by atoms with Crippen LogP contribution in [0.25, 0.3) is 0 Å². The third-order valence-electron chi connectivity index (χ3n) is 2.96. The quantitative estimate of drug-likeness (QED) is 0.862. The highest BCUT2D eigenvalue weighted by atomic mass is 19.1. The maximum atomic E-state index is 13.5. The van der Waals surface area contributed by atoms with Crippen LogP contribution in [0.5, 0.6) is 5.75 Å². The molecule has 0 radical (unpaired) electrons. The van der Waals surface area contributed by atoms with E-state index in [1.165, 1.54) is 6.92 Å². The zero-order valence-corrected chi connectivity index (χ0v) is 10.7. The van der Waals surface area contributed by atoms with Gasteiger partial charge in [-0.05, 0) is 37.1 Å². The fourth-order valence-electron chi connectivity index (χ4n) is 1.73. The fraction of sp³-hybridized carbons (Fsp3) is 0.538. The molecule has 0 bridgehead atoms. The van der Waals surface area contributed by atoms with Crippen molar-refractivity contribution in [2.75, 3.05) is 14.2 Å². The van der Waals surface area contributed by atoms with Crippen LogP contribution in [0.1, 0.15) is 37.2 Å². The first-order valence-electron chi connectivity index (χ1n) is 5.61. The lowest BCUT2D eigenvalue weighted by Crippen LogP contribution is -2.26. The van der Waals surface area contributed by atoms with Crippen molar-refractivity contribution in [1.29, 1.82) is 0 Å². The van der Waals surface area contributed by atoms with E-state index in [9.17, 15) is 4.39 Å². The molecule has 0 amide bonds. The third kappa shape index (κ3) is 3.17. The molecule has 17 heavy (non-hydrogen) atoms. The summed E-state index contributed by atoms with van der Waals surface area (Å²) in [6.07, 6.45) is -1.24. The lowest BCUT2D eigenvalue weighted by atomic mass is 9.95. The molecule has 3 nitrogen and oxygen atoms in total. The highest BCUT2D eigenvalue weighted by molar-refractivity contribution is 5.39. The smallest absolute Gasteiger partial charge is 0.123 e. The third-order valence-corrected chi connectivity index (χ3v) is 2.96. The molecule has 0 aliphatic rings. The van der Waals surface area contributed by atoms with Crippen LogP contribution in [0.15, 0.2) is 18.2 Å². The van der Waals surface area contributed by atoms with Gasteiger partial charge in [-0.15, -0.1) is 0 Å². The first-order chi connectivity index (χ1) is 8.01. The van der Waals surface area contributed by atoms with Gasteiger partial charge in [-0.3, -0.25) is 0 Å². The number of alkyl halides is 1. The van der Waals surface area contributed by atoms with Crippen molar-refractivity contribution in [2.45, 2.75) is 32.2 Å². The number of ether oxygens (including phenoxy) is 2. The van der Waals surface area contributed by atoms with Gasteiger partial charge in [0.2, 0.25) is 0 Å². The Hall–Kier alpha value is -1.13. The summed E-state index contributed by atoms with van der Waals surface area (Å²) >= 11 is 0. The minimum atomic E-state index is -1.06. The summed E-state index contributed by atoms with van der Waals surface area (Å²) in [6.45, 7) is 3.35. The summed E-state index contributed by atoms with van der Waals surface area (Å²) in [5.41, 5.74) is 7.38. The van der Waals surface area contributed by atoms with Crippen molar-refractivity contribution >= 4 is 0 Å². The first-order valence-corrected chi connectivity index (χ1v) is 5.61. The maximum Gasteiger partial charge on any atom is 0.123 e. The van der Waals surface area contributed by atoms with E-state index in [0.29, 0.717) is 11.3 Å². The van der Waals surface area contributed by atoms with E-state index < -0.39 is 6.17 Å². The second kappa shape index (κ2) is 5.98. The summed E-state index contributed by atoms with van der Waals surface area (Å²) in [5, 5.41) is 0. The van der Waals surface area contributed by atoms with Crippen LogP contribution in [-0.4, -0.2) is 20.3 Å². The Balaban J connectivity index is 3.17. The lowest BCUT2D eigenvalue weighted by molar-refractivity contribution is 0.0949. The van der Waals surface area contributed by atoms with E-state index in [4.69, 9.17) is 15.2 Å². The number of nitrogens with two attached hydrogens (primary N) is 1. The minimum Gasteiger partial charge on any atom is -0.497 e. The molecular formula is C13H20FNO2. The minimum absolute atomic E-state index is 0.181. The maximum absolute atomic E-state index is 13.5. The molecule has 0 saturated carbocycles. The number of methoxy groups -OCH3 is 2. The van der Waals surface area contributed by atoms with Gasteiger partial charge in [0.25, 0.3) is 0 Å². The zero-order chi connectivity index (χ0) is 13.0. The molecule has 2 N–H and O–H groups in total. The number of hydrogen-bond acceptors (Lipinski definition) is 3. The molecule has 0 aromatic heterocycles. The number of halogens is 1. The predicted octanol–water partition coefficient (Wildman–Crippen LogP) is 2.76. The van der Waals surface area contributed by atoms with Gasteiger partial charge >= 0.3 is 0 Å². The van der Waals surface area contributed by atoms with Crippen molar-refractivity contribution in [1.82, 2.24) is 0 Å². The van der Waals surface area contributed by atoms with Gasteiger partial charge in [0.15, 0.2) is 0 Å². The largest absolute Gasteiger partial charge is 0.497 e. The van der Waals surface area contributed by atoms with Crippen LogP contribution in [0, 0.1) is 0 Å². The average Bonchev–Trinajstić information content (AvgIpc) is 2.35. The molecule has 0 saturated heterocycles. The van der Waals surface area contributed by atoms with E-state index in [0.717, 1.165) is 5.56 Å². The summed E-state index contributed by atoms with van der Waals surface area (Å²) in [4.78, 5) is 0. The van der Waals surface area contributed by atoms with Crippen LogP contribution in [-0.2, 0) is 4.74 Å². The Morgan fingerprint density at radius 1 is 1.18 bits per heavy atom. The number of rotatable bonds is 5. The van der Waals surface area contributed by atoms with Crippen LogP contribution in [0.4, 0.5) is 4.39 Å². The van der Waals surface area contributed by atoms with E-state index in [1.807, 2.05) is 6.92 Å². The second-order valence-corrected chi connectivity index (χ2v) is 4.08. The normalized spacial score (nSPS) is 16.4. The second-order valence-electron chi connectivity index (χ2n) is 4.08. The molecule has 3 unspecified atom stereocenters. The molecule has 0 spiro atoms. The van der Waals surface area contributed by atoms with Gasteiger partial charge in [0.05, 0.1) is 19.3 Å².